The third-order valence-electron chi connectivity index (χ3n) is 3.37. The molecule has 2 aromatic rings. The maximum Gasteiger partial charge on any atom is 0.157 e. The third kappa shape index (κ3) is 2.98. The van der Waals surface area contributed by atoms with E-state index in [1.165, 1.54) is 6.42 Å². The molecule has 0 bridgehead atoms. The lowest BCUT2D eigenvalue weighted by Gasteiger charge is -2.23. The van der Waals surface area contributed by atoms with Crippen molar-refractivity contribution in [1.82, 2.24) is 19.5 Å². The van der Waals surface area contributed by atoms with Crippen molar-refractivity contribution < 1.29 is 0 Å². The van der Waals surface area contributed by atoms with E-state index in [2.05, 4.69) is 41.2 Å². The van der Waals surface area contributed by atoms with E-state index in [0.717, 1.165) is 24.6 Å². The molecule has 5 nitrogen and oxygen atoms in total. The summed E-state index contributed by atoms with van der Waals surface area (Å²) in [5, 5.41) is 7.46. The van der Waals surface area contributed by atoms with Crippen molar-refractivity contribution in [3.05, 3.63) is 24.5 Å². The average Bonchev–Trinajstić information content (AvgIpc) is 2.85. The van der Waals surface area contributed by atoms with Crippen LogP contribution in [0.1, 0.15) is 20.3 Å². The van der Waals surface area contributed by atoms with E-state index in [1.54, 1.807) is 10.7 Å². The van der Waals surface area contributed by atoms with Gasteiger partial charge >= 0.3 is 0 Å². The van der Waals surface area contributed by atoms with Crippen LogP contribution in [0.5, 0.6) is 0 Å². The zero-order valence-electron chi connectivity index (χ0n) is 11.3. The molecule has 2 heterocycles. The number of aromatic nitrogens is 3. The van der Waals surface area contributed by atoms with Crippen LogP contribution in [-0.2, 0) is 0 Å². The van der Waals surface area contributed by atoms with Crippen LogP contribution < -0.4 is 5.32 Å². The molecule has 1 N–H and O–H groups in total. The van der Waals surface area contributed by atoms with E-state index in [9.17, 15) is 0 Å². The van der Waals surface area contributed by atoms with Crippen LogP contribution in [0.15, 0.2) is 24.5 Å². The summed E-state index contributed by atoms with van der Waals surface area (Å²) in [6, 6.07) is 4.47. The normalized spacial score (nSPS) is 13.1. The lowest BCUT2D eigenvalue weighted by Crippen LogP contribution is -2.32. The minimum atomic E-state index is 0.622. The highest BCUT2D eigenvalue weighted by Crippen LogP contribution is 2.06. The van der Waals surface area contributed by atoms with Gasteiger partial charge in [-0.05, 0) is 26.5 Å². The molecule has 5 heteroatoms. The lowest BCUT2D eigenvalue weighted by molar-refractivity contribution is 0.261. The summed E-state index contributed by atoms with van der Waals surface area (Å²) >= 11 is 0. The first kappa shape index (κ1) is 12.8. The largest absolute Gasteiger partial charge is 0.369 e. The minimum absolute atomic E-state index is 0.622. The third-order valence-corrected chi connectivity index (χ3v) is 3.37. The van der Waals surface area contributed by atoms with Gasteiger partial charge in [-0.3, -0.25) is 0 Å². The molecule has 18 heavy (non-hydrogen) atoms. The highest BCUT2D eigenvalue weighted by molar-refractivity contribution is 5.45. The summed E-state index contributed by atoms with van der Waals surface area (Å²) in [7, 11) is 2.16. The quantitative estimate of drug-likeness (QED) is 0.846. The van der Waals surface area contributed by atoms with Crippen molar-refractivity contribution in [2.45, 2.75) is 26.3 Å². The van der Waals surface area contributed by atoms with Gasteiger partial charge in [0.15, 0.2) is 5.65 Å². The van der Waals surface area contributed by atoms with Crippen LogP contribution in [0.25, 0.3) is 5.65 Å². The van der Waals surface area contributed by atoms with Crippen molar-refractivity contribution in [1.29, 1.82) is 0 Å². The molecule has 0 saturated carbocycles. The Morgan fingerprint density at radius 1 is 1.44 bits per heavy atom. The van der Waals surface area contributed by atoms with Gasteiger partial charge in [0.05, 0.1) is 6.20 Å². The highest BCUT2D eigenvalue weighted by Gasteiger charge is 2.05. The first-order valence-electron chi connectivity index (χ1n) is 6.45. The molecule has 0 aliphatic heterocycles. The number of nitrogens with zero attached hydrogens (tertiary/aromatic N) is 4. The van der Waals surface area contributed by atoms with Crippen molar-refractivity contribution in [2.24, 2.45) is 0 Å². The maximum atomic E-state index is 4.47. The van der Waals surface area contributed by atoms with E-state index >= 15 is 0 Å². The fourth-order valence-corrected chi connectivity index (χ4v) is 1.80. The summed E-state index contributed by atoms with van der Waals surface area (Å²) in [4.78, 5) is 6.82. The molecule has 98 valence electrons. The number of fused-ring (bicyclic) bond motifs is 1. The first-order valence-corrected chi connectivity index (χ1v) is 6.45. The van der Waals surface area contributed by atoms with Gasteiger partial charge in [-0.25, -0.2) is 9.50 Å². The van der Waals surface area contributed by atoms with E-state index in [4.69, 9.17) is 0 Å². The van der Waals surface area contributed by atoms with Crippen molar-refractivity contribution in [2.75, 3.05) is 25.5 Å². The molecule has 0 amide bonds. The second-order valence-corrected chi connectivity index (χ2v) is 4.61. The van der Waals surface area contributed by atoms with Crippen LogP contribution in [0, 0.1) is 0 Å². The first-order chi connectivity index (χ1) is 8.70. The minimum Gasteiger partial charge on any atom is -0.369 e. The van der Waals surface area contributed by atoms with Crippen LogP contribution in [-0.4, -0.2) is 45.7 Å². The summed E-state index contributed by atoms with van der Waals surface area (Å²) < 4.78 is 1.76. The molecule has 0 saturated heterocycles. The molecule has 0 aromatic carbocycles. The van der Waals surface area contributed by atoms with Gasteiger partial charge in [-0.15, -0.1) is 0 Å². The zero-order valence-corrected chi connectivity index (χ0v) is 11.3. The van der Waals surface area contributed by atoms with E-state index < -0.39 is 0 Å². The summed E-state index contributed by atoms with van der Waals surface area (Å²) in [6.45, 7) is 6.37. The molecular weight excluding hydrogens is 226 g/mol. The monoisotopic (exact) mass is 247 g/mol. The molecule has 0 spiro atoms. The molecule has 1 unspecified atom stereocenters. The van der Waals surface area contributed by atoms with Gasteiger partial charge in [-0.2, -0.15) is 5.10 Å². The number of likely N-dealkylation sites (N-methyl/N-ethyl adjacent to an activating group) is 1. The van der Waals surface area contributed by atoms with E-state index in [-0.39, 0.29) is 0 Å². The Labute approximate surface area is 108 Å². The van der Waals surface area contributed by atoms with Gasteiger partial charge in [0.1, 0.15) is 5.82 Å². The number of nitrogens with one attached hydrogen (secondary N) is 1. The number of rotatable bonds is 6. The Balaban J connectivity index is 1.86. The zero-order chi connectivity index (χ0) is 13.0. The molecular formula is C13H21N5. The Kier molecular flexibility index (Phi) is 4.15. The lowest BCUT2D eigenvalue weighted by atomic mass is 10.2. The SMILES string of the molecule is CCC(C)N(C)CCNc1ccn2nccc2n1. The van der Waals surface area contributed by atoms with Crippen LogP contribution in [0.3, 0.4) is 0 Å². The molecule has 0 aliphatic rings. The fourth-order valence-electron chi connectivity index (χ4n) is 1.80. The molecule has 0 radical (unpaired) electrons. The van der Waals surface area contributed by atoms with E-state index in [1.807, 2.05) is 18.3 Å². The highest BCUT2D eigenvalue weighted by atomic mass is 15.2. The standard InChI is InChI=1S/C13H21N5/c1-4-11(2)17(3)10-8-14-12-6-9-18-13(16-12)5-7-15-18/h5-7,9,11H,4,8,10H2,1-3H3,(H,14,16). The Morgan fingerprint density at radius 2 is 2.28 bits per heavy atom. The van der Waals surface area contributed by atoms with E-state index in [0.29, 0.717) is 6.04 Å². The van der Waals surface area contributed by atoms with Gasteiger partial charge in [0, 0.05) is 31.4 Å². The number of hydrogen-bond donors (Lipinski definition) is 1. The van der Waals surface area contributed by atoms with Crippen LogP contribution in [0.2, 0.25) is 0 Å². The topological polar surface area (TPSA) is 45.5 Å². The van der Waals surface area contributed by atoms with Gasteiger partial charge in [0.2, 0.25) is 0 Å². The Bertz CT molecular complexity index is 493. The van der Waals surface area contributed by atoms with Crippen molar-refractivity contribution in [3.8, 4) is 0 Å². The van der Waals surface area contributed by atoms with Gasteiger partial charge in [0.25, 0.3) is 0 Å². The van der Waals surface area contributed by atoms with Gasteiger partial charge in [-0.1, -0.05) is 6.92 Å². The second-order valence-electron chi connectivity index (χ2n) is 4.61. The Morgan fingerprint density at radius 3 is 3.06 bits per heavy atom. The van der Waals surface area contributed by atoms with Crippen molar-refractivity contribution in [3.63, 3.8) is 0 Å². The second kappa shape index (κ2) is 5.82. The molecule has 2 rings (SSSR count). The number of anilines is 1. The van der Waals surface area contributed by atoms with Crippen LogP contribution in [0.4, 0.5) is 5.82 Å². The predicted molar refractivity (Wildman–Crippen MR) is 73.9 cm³/mol. The Hall–Kier alpha value is -1.62. The smallest absolute Gasteiger partial charge is 0.157 e. The van der Waals surface area contributed by atoms with Gasteiger partial charge < -0.3 is 10.2 Å². The molecule has 2 aromatic heterocycles. The summed E-state index contributed by atoms with van der Waals surface area (Å²) in [6.07, 6.45) is 4.85. The summed E-state index contributed by atoms with van der Waals surface area (Å²) in [5.41, 5.74) is 0.871. The van der Waals surface area contributed by atoms with Crippen LogP contribution >= 0.6 is 0 Å². The molecule has 0 fully saturated rings. The maximum absolute atomic E-state index is 4.47. The predicted octanol–water partition coefficient (Wildman–Crippen LogP) is 1.87. The fraction of sp³-hybridized carbons (Fsp3) is 0.538. The average molecular weight is 247 g/mol. The van der Waals surface area contributed by atoms with Crippen molar-refractivity contribution >= 4 is 11.5 Å². The molecule has 0 aliphatic carbocycles. The number of hydrogen-bond acceptors (Lipinski definition) is 4. The summed E-state index contributed by atoms with van der Waals surface area (Å²) in [5.74, 6) is 0.903. The molecule has 1 atom stereocenters.